The van der Waals surface area contributed by atoms with Gasteiger partial charge >= 0.3 is 5.97 Å². The molecule has 2 heterocycles. The fraction of sp³-hybridized carbons (Fsp3) is 0.261. The average Bonchev–Trinajstić information content (AvgIpc) is 2.79. The first-order valence-electron chi connectivity index (χ1n) is 10.4. The van der Waals surface area contributed by atoms with Crippen LogP contribution in [0.4, 0.5) is 4.39 Å². The summed E-state index contributed by atoms with van der Waals surface area (Å²) in [6.07, 6.45) is 0. The van der Waals surface area contributed by atoms with Crippen LogP contribution in [0.25, 0.3) is 10.9 Å². The summed E-state index contributed by atoms with van der Waals surface area (Å²) in [5, 5.41) is 16.0. The number of aromatic nitrogens is 1. The van der Waals surface area contributed by atoms with Crippen LogP contribution in [-0.4, -0.2) is 53.0 Å². The van der Waals surface area contributed by atoms with Crippen molar-refractivity contribution in [3.05, 3.63) is 80.3 Å². The van der Waals surface area contributed by atoms with Crippen molar-refractivity contribution in [3.8, 4) is 0 Å². The second-order valence-electron chi connectivity index (χ2n) is 7.77. The molecular weight excluding hydrogens is 451 g/mol. The molecule has 1 aliphatic heterocycles. The van der Waals surface area contributed by atoms with Crippen LogP contribution in [0, 0.1) is 5.82 Å². The minimum Gasteiger partial charge on any atom is -0.477 e. The summed E-state index contributed by atoms with van der Waals surface area (Å²) in [5.41, 5.74) is 0.00665. The van der Waals surface area contributed by atoms with Crippen LogP contribution in [0.2, 0.25) is 5.02 Å². The smallest absolute Gasteiger partial charge is 0.341 e. The number of aromatic amines is 1. The van der Waals surface area contributed by atoms with Crippen molar-refractivity contribution in [2.45, 2.75) is 12.6 Å². The number of fused-ring (bicyclic) bond motifs is 1. The summed E-state index contributed by atoms with van der Waals surface area (Å²) < 4.78 is 14.6. The number of nitrogens with one attached hydrogen (secondary N) is 3. The number of aromatic carboxylic acids is 1. The van der Waals surface area contributed by atoms with E-state index in [0.29, 0.717) is 47.7 Å². The maximum Gasteiger partial charge on any atom is 0.341 e. The van der Waals surface area contributed by atoms with E-state index >= 15 is 0 Å². The molecule has 0 saturated carbocycles. The van der Waals surface area contributed by atoms with Crippen LogP contribution < -0.4 is 16.2 Å². The number of rotatable bonds is 6. The Balaban J connectivity index is 1.65. The van der Waals surface area contributed by atoms with Gasteiger partial charge in [0.05, 0.1) is 5.52 Å². The molecule has 0 spiro atoms. The van der Waals surface area contributed by atoms with Gasteiger partial charge in [-0.1, -0.05) is 29.8 Å². The number of carboxylic acids is 1. The van der Waals surface area contributed by atoms with Crippen LogP contribution in [0.3, 0.4) is 0 Å². The van der Waals surface area contributed by atoms with Crippen molar-refractivity contribution >= 4 is 34.4 Å². The van der Waals surface area contributed by atoms with Crippen molar-refractivity contribution in [1.29, 1.82) is 0 Å². The Kier molecular flexibility index (Phi) is 6.73. The van der Waals surface area contributed by atoms with E-state index in [9.17, 15) is 23.9 Å². The maximum atomic E-state index is 14.6. The van der Waals surface area contributed by atoms with Crippen molar-refractivity contribution in [2.24, 2.45) is 0 Å². The van der Waals surface area contributed by atoms with E-state index in [2.05, 4.69) is 15.6 Å². The molecule has 1 aromatic heterocycles. The van der Waals surface area contributed by atoms with Crippen LogP contribution in [0.1, 0.15) is 27.5 Å². The minimum atomic E-state index is -1.35. The third-order valence-electron chi connectivity index (χ3n) is 5.65. The molecule has 0 aliphatic carbocycles. The molecule has 3 aromatic rings. The zero-order valence-corrected chi connectivity index (χ0v) is 18.3. The Morgan fingerprint density at radius 2 is 1.91 bits per heavy atom. The normalized spacial score (nSPS) is 15.3. The molecule has 1 fully saturated rings. The monoisotopic (exact) mass is 472 g/mol. The van der Waals surface area contributed by atoms with Gasteiger partial charge in [0.1, 0.15) is 17.4 Å². The summed E-state index contributed by atoms with van der Waals surface area (Å²) >= 11 is 6.19. The summed E-state index contributed by atoms with van der Waals surface area (Å²) in [6, 6.07) is 9.74. The van der Waals surface area contributed by atoms with Crippen LogP contribution in [0.5, 0.6) is 0 Å². The molecule has 1 aliphatic rings. The topological polar surface area (TPSA) is 115 Å². The largest absolute Gasteiger partial charge is 0.477 e. The predicted octanol–water partition coefficient (Wildman–Crippen LogP) is 2.28. The van der Waals surface area contributed by atoms with Gasteiger partial charge in [0, 0.05) is 48.7 Å². The van der Waals surface area contributed by atoms with Gasteiger partial charge in [0.2, 0.25) is 5.91 Å². The first kappa shape index (κ1) is 22.9. The number of amides is 1. The zero-order valence-electron chi connectivity index (χ0n) is 17.5. The highest BCUT2D eigenvalue weighted by molar-refractivity contribution is 6.31. The lowest BCUT2D eigenvalue weighted by Crippen LogP contribution is -2.49. The standard InChI is InChI=1S/C23H22ClFN4O4/c24-15-9-13-11-17(23(32)33)21(30)28-19(13)14(10-15)12-27-22(31)20(29-7-5-26-6-8-29)16-3-1-2-4-18(16)25/h1-4,9-11,20,26H,5-8,12H2,(H,27,31)(H,28,30)(H,32,33). The lowest BCUT2D eigenvalue weighted by molar-refractivity contribution is -0.127. The Hall–Kier alpha value is -3.27. The number of hydrogen-bond acceptors (Lipinski definition) is 5. The van der Waals surface area contributed by atoms with Gasteiger partial charge in [-0.05, 0) is 29.8 Å². The SMILES string of the molecule is O=C(O)c1cc2cc(Cl)cc(CNC(=O)C(c3ccccc3F)N3CCNCC3)c2[nH]c1=O. The number of H-pyrrole nitrogens is 1. The van der Waals surface area contributed by atoms with E-state index in [1.807, 2.05) is 4.90 Å². The van der Waals surface area contributed by atoms with Crippen molar-refractivity contribution in [3.63, 3.8) is 0 Å². The fourth-order valence-corrected chi connectivity index (χ4v) is 4.32. The van der Waals surface area contributed by atoms with E-state index in [4.69, 9.17) is 11.6 Å². The van der Waals surface area contributed by atoms with E-state index in [1.165, 1.54) is 18.2 Å². The number of benzene rings is 2. The van der Waals surface area contributed by atoms with Gasteiger partial charge in [0.15, 0.2) is 0 Å². The Morgan fingerprint density at radius 3 is 2.61 bits per heavy atom. The summed E-state index contributed by atoms with van der Waals surface area (Å²) in [5.74, 6) is -2.20. The van der Waals surface area contributed by atoms with Crippen LogP contribution in [-0.2, 0) is 11.3 Å². The third kappa shape index (κ3) is 4.90. The zero-order chi connectivity index (χ0) is 23.5. The molecule has 4 N–H and O–H groups in total. The van der Waals surface area contributed by atoms with E-state index in [1.54, 1.807) is 24.3 Å². The Labute approximate surface area is 193 Å². The lowest BCUT2D eigenvalue weighted by atomic mass is 10.0. The van der Waals surface area contributed by atoms with E-state index in [-0.39, 0.29) is 18.0 Å². The second-order valence-corrected chi connectivity index (χ2v) is 8.21. The highest BCUT2D eigenvalue weighted by Gasteiger charge is 2.30. The number of nitrogens with zero attached hydrogens (tertiary/aromatic N) is 1. The Bertz CT molecular complexity index is 1270. The second kappa shape index (κ2) is 9.70. The molecule has 0 radical (unpaired) electrons. The highest BCUT2D eigenvalue weighted by atomic mass is 35.5. The van der Waals surface area contributed by atoms with Gasteiger partial charge in [-0.25, -0.2) is 9.18 Å². The van der Waals surface area contributed by atoms with Crippen molar-refractivity contribution in [1.82, 2.24) is 20.5 Å². The molecule has 1 saturated heterocycles. The molecule has 0 bridgehead atoms. The molecule has 172 valence electrons. The predicted molar refractivity (Wildman–Crippen MR) is 122 cm³/mol. The highest BCUT2D eigenvalue weighted by Crippen LogP contribution is 2.26. The van der Waals surface area contributed by atoms with Crippen molar-refractivity contribution in [2.75, 3.05) is 26.2 Å². The lowest BCUT2D eigenvalue weighted by Gasteiger charge is -2.34. The van der Waals surface area contributed by atoms with Gasteiger partial charge < -0.3 is 20.7 Å². The summed E-state index contributed by atoms with van der Waals surface area (Å²) in [4.78, 5) is 41.2. The van der Waals surface area contributed by atoms with Gasteiger partial charge in [-0.15, -0.1) is 0 Å². The number of piperazine rings is 1. The van der Waals surface area contributed by atoms with Crippen LogP contribution in [0.15, 0.2) is 47.3 Å². The molecule has 33 heavy (non-hydrogen) atoms. The number of hydrogen-bond donors (Lipinski definition) is 4. The molecule has 8 nitrogen and oxygen atoms in total. The molecule has 2 aromatic carbocycles. The van der Waals surface area contributed by atoms with Crippen molar-refractivity contribution < 1.29 is 19.1 Å². The van der Waals surface area contributed by atoms with E-state index in [0.717, 1.165) is 0 Å². The minimum absolute atomic E-state index is 0.00922. The molecule has 1 amide bonds. The molecule has 4 rings (SSSR count). The number of carbonyl (C=O) groups is 2. The quantitative estimate of drug-likeness (QED) is 0.437. The summed E-state index contributed by atoms with van der Waals surface area (Å²) in [6.45, 7) is 2.54. The number of carbonyl (C=O) groups excluding carboxylic acids is 1. The Morgan fingerprint density at radius 1 is 1.18 bits per heavy atom. The van der Waals surface area contributed by atoms with Gasteiger partial charge in [0.25, 0.3) is 5.56 Å². The third-order valence-corrected chi connectivity index (χ3v) is 5.86. The molecule has 1 atom stereocenters. The number of pyridine rings is 1. The fourth-order valence-electron chi connectivity index (χ4n) is 4.07. The average molecular weight is 473 g/mol. The van der Waals surface area contributed by atoms with E-state index < -0.39 is 29.0 Å². The van der Waals surface area contributed by atoms with Gasteiger partial charge in [-0.2, -0.15) is 0 Å². The molecule has 10 heteroatoms. The van der Waals surface area contributed by atoms with Crippen LogP contribution >= 0.6 is 11.6 Å². The molecule has 1 unspecified atom stereocenters. The maximum absolute atomic E-state index is 14.6. The first-order valence-corrected chi connectivity index (χ1v) is 10.8. The number of halogens is 2. The van der Waals surface area contributed by atoms with Gasteiger partial charge in [-0.3, -0.25) is 14.5 Å². The first-order chi connectivity index (χ1) is 15.8. The number of carboxylic acid groups (broad SMARTS) is 1. The summed E-state index contributed by atoms with van der Waals surface area (Å²) in [7, 11) is 0. The molecular formula is C23H22ClFN4O4.